The summed E-state index contributed by atoms with van der Waals surface area (Å²) in [6.45, 7) is 1.48. The summed E-state index contributed by atoms with van der Waals surface area (Å²) in [5, 5.41) is 0. The smallest absolute Gasteiger partial charge is 0.123 e. The van der Waals surface area contributed by atoms with Gasteiger partial charge in [-0.15, -0.1) is 0 Å². The van der Waals surface area contributed by atoms with Crippen LogP contribution in [0.5, 0.6) is 5.75 Å². The van der Waals surface area contributed by atoms with Crippen molar-refractivity contribution in [1.29, 1.82) is 0 Å². The molecule has 2 N–H and O–H groups in total. The predicted molar refractivity (Wildman–Crippen MR) is 56.0 cm³/mol. The molecule has 0 aliphatic carbocycles. The van der Waals surface area contributed by atoms with Crippen LogP contribution >= 0.6 is 15.9 Å². The minimum atomic E-state index is 0.444. The third kappa shape index (κ3) is 1.58. The van der Waals surface area contributed by atoms with Crippen LogP contribution in [-0.2, 0) is 0 Å². The number of benzene rings is 1. The number of nitrogens with two attached hydrogens (primary N) is 1. The zero-order valence-corrected chi connectivity index (χ0v) is 8.88. The van der Waals surface area contributed by atoms with Gasteiger partial charge in [0.05, 0.1) is 6.61 Å². The van der Waals surface area contributed by atoms with E-state index >= 15 is 0 Å². The normalized spacial score (nSPS) is 20.6. The first-order valence-corrected chi connectivity index (χ1v) is 5.23. The van der Waals surface area contributed by atoms with Crippen LogP contribution in [0.1, 0.15) is 17.9 Å². The quantitative estimate of drug-likeness (QED) is 0.819. The number of rotatable bonds is 1. The van der Waals surface area contributed by atoms with Crippen LogP contribution in [0.2, 0.25) is 0 Å². The van der Waals surface area contributed by atoms with Crippen LogP contribution in [0.15, 0.2) is 22.7 Å². The molecule has 0 saturated carbocycles. The van der Waals surface area contributed by atoms with E-state index in [0.717, 1.165) is 23.2 Å². The average Bonchev–Trinajstić information content (AvgIpc) is 2.17. The first-order valence-electron chi connectivity index (χ1n) is 4.44. The maximum absolute atomic E-state index is 5.71. The molecule has 0 saturated heterocycles. The lowest BCUT2D eigenvalue weighted by Crippen LogP contribution is -2.21. The van der Waals surface area contributed by atoms with Gasteiger partial charge in [-0.3, -0.25) is 0 Å². The van der Waals surface area contributed by atoms with Crippen molar-refractivity contribution in [3.05, 3.63) is 28.2 Å². The Bertz CT molecular complexity index is 314. The van der Waals surface area contributed by atoms with Gasteiger partial charge in [0.25, 0.3) is 0 Å². The van der Waals surface area contributed by atoms with E-state index in [1.54, 1.807) is 0 Å². The van der Waals surface area contributed by atoms with Crippen LogP contribution in [0.3, 0.4) is 0 Å². The summed E-state index contributed by atoms with van der Waals surface area (Å²) in [5.41, 5.74) is 6.94. The van der Waals surface area contributed by atoms with Crippen LogP contribution in [-0.4, -0.2) is 13.2 Å². The van der Waals surface area contributed by atoms with Gasteiger partial charge in [0, 0.05) is 16.0 Å². The summed E-state index contributed by atoms with van der Waals surface area (Å²) in [5.74, 6) is 1.43. The molecule has 0 aromatic heterocycles. The van der Waals surface area contributed by atoms with Gasteiger partial charge < -0.3 is 10.5 Å². The highest BCUT2D eigenvalue weighted by molar-refractivity contribution is 9.10. The van der Waals surface area contributed by atoms with E-state index in [4.69, 9.17) is 10.5 Å². The molecular weight excluding hydrogens is 230 g/mol. The molecule has 2 rings (SSSR count). The summed E-state index contributed by atoms with van der Waals surface area (Å²) in [6, 6.07) is 6.03. The van der Waals surface area contributed by atoms with Gasteiger partial charge in [-0.2, -0.15) is 0 Å². The molecule has 70 valence electrons. The van der Waals surface area contributed by atoms with Gasteiger partial charge in [-0.05, 0) is 25.1 Å². The number of fused-ring (bicyclic) bond motifs is 1. The molecule has 3 heteroatoms. The second-order valence-electron chi connectivity index (χ2n) is 3.22. The lowest BCUT2D eigenvalue weighted by atomic mass is 9.93. The Morgan fingerprint density at radius 2 is 2.38 bits per heavy atom. The fraction of sp³-hybridized carbons (Fsp3) is 0.400. The monoisotopic (exact) mass is 241 g/mol. The third-order valence-electron chi connectivity index (χ3n) is 2.43. The Kier molecular flexibility index (Phi) is 2.56. The van der Waals surface area contributed by atoms with Crippen LogP contribution < -0.4 is 10.5 Å². The highest BCUT2D eigenvalue weighted by atomic mass is 79.9. The van der Waals surface area contributed by atoms with Crippen molar-refractivity contribution in [2.45, 2.75) is 12.3 Å². The minimum Gasteiger partial charge on any atom is -0.493 e. The molecule has 1 aliphatic heterocycles. The fourth-order valence-electron chi connectivity index (χ4n) is 1.73. The highest BCUT2D eigenvalue weighted by Crippen LogP contribution is 2.37. The summed E-state index contributed by atoms with van der Waals surface area (Å²) >= 11 is 3.53. The number of hydrogen-bond donors (Lipinski definition) is 1. The first-order chi connectivity index (χ1) is 6.33. The van der Waals surface area contributed by atoms with E-state index in [2.05, 4.69) is 15.9 Å². The molecule has 0 amide bonds. The van der Waals surface area contributed by atoms with Crippen molar-refractivity contribution in [3.63, 3.8) is 0 Å². The summed E-state index contributed by atoms with van der Waals surface area (Å²) in [6.07, 6.45) is 1.02. The van der Waals surface area contributed by atoms with Crippen molar-refractivity contribution in [1.82, 2.24) is 0 Å². The highest BCUT2D eigenvalue weighted by Gasteiger charge is 2.22. The predicted octanol–water partition coefficient (Wildman–Crippen LogP) is 2.27. The maximum Gasteiger partial charge on any atom is 0.123 e. The average molecular weight is 242 g/mol. The van der Waals surface area contributed by atoms with Gasteiger partial charge in [-0.1, -0.05) is 22.0 Å². The minimum absolute atomic E-state index is 0.444. The zero-order valence-electron chi connectivity index (χ0n) is 7.29. The van der Waals surface area contributed by atoms with Crippen LogP contribution in [0, 0.1) is 0 Å². The maximum atomic E-state index is 5.71. The van der Waals surface area contributed by atoms with Gasteiger partial charge >= 0.3 is 0 Å². The van der Waals surface area contributed by atoms with Gasteiger partial charge in [-0.25, -0.2) is 0 Å². The number of ether oxygens (including phenoxy) is 1. The van der Waals surface area contributed by atoms with Crippen LogP contribution in [0.4, 0.5) is 0 Å². The molecular formula is C10H12BrNO. The van der Waals surface area contributed by atoms with Gasteiger partial charge in [0.1, 0.15) is 5.75 Å². The first kappa shape index (κ1) is 9.03. The molecule has 1 heterocycles. The molecule has 0 bridgehead atoms. The second-order valence-corrected chi connectivity index (χ2v) is 4.08. The van der Waals surface area contributed by atoms with Gasteiger partial charge in [0.2, 0.25) is 0 Å². The molecule has 1 unspecified atom stereocenters. The Morgan fingerprint density at radius 1 is 1.54 bits per heavy atom. The van der Waals surface area contributed by atoms with E-state index in [9.17, 15) is 0 Å². The molecule has 13 heavy (non-hydrogen) atoms. The molecule has 1 aromatic rings. The van der Waals surface area contributed by atoms with Crippen molar-refractivity contribution in [2.24, 2.45) is 5.73 Å². The van der Waals surface area contributed by atoms with E-state index in [1.165, 1.54) is 5.56 Å². The van der Waals surface area contributed by atoms with Crippen molar-refractivity contribution < 1.29 is 4.74 Å². The van der Waals surface area contributed by atoms with E-state index in [-0.39, 0.29) is 0 Å². The fourth-order valence-corrected chi connectivity index (χ4v) is 2.40. The molecule has 0 radical (unpaired) electrons. The van der Waals surface area contributed by atoms with Gasteiger partial charge in [0.15, 0.2) is 0 Å². The summed E-state index contributed by atoms with van der Waals surface area (Å²) in [7, 11) is 0. The topological polar surface area (TPSA) is 35.2 Å². The SMILES string of the molecule is NCC1CCOc2cccc(Br)c21. The molecule has 1 aromatic carbocycles. The van der Waals surface area contributed by atoms with Crippen molar-refractivity contribution >= 4 is 15.9 Å². The largest absolute Gasteiger partial charge is 0.493 e. The summed E-state index contributed by atoms with van der Waals surface area (Å²) in [4.78, 5) is 0. The molecule has 1 aliphatic rings. The van der Waals surface area contributed by atoms with E-state index < -0.39 is 0 Å². The molecule has 0 spiro atoms. The lowest BCUT2D eigenvalue weighted by molar-refractivity contribution is 0.268. The molecule has 1 atom stereocenters. The second kappa shape index (κ2) is 3.68. The van der Waals surface area contributed by atoms with E-state index in [0.29, 0.717) is 12.5 Å². The van der Waals surface area contributed by atoms with Crippen molar-refractivity contribution in [3.8, 4) is 5.75 Å². The standard InChI is InChI=1S/C10H12BrNO/c11-8-2-1-3-9-10(8)7(6-12)4-5-13-9/h1-3,7H,4-6,12H2. The van der Waals surface area contributed by atoms with E-state index in [1.807, 2.05) is 18.2 Å². The third-order valence-corrected chi connectivity index (χ3v) is 3.12. The lowest BCUT2D eigenvalue weighted by Gasteiger charge is -2.25. The number of hydrogen-bond acceptors (Lipinski definition) is 2. The Balaban J connectivity index is 2.47. The molecule has 0 fully saturated rings. The Morgan fingerprint density at radius 3 is 3.15 bits per heavy atom. The zero-order chi connectivity index (χ0) is 9.26. The Labute approximate surface area is 86.2 Å². The molecule has 2 nitrogen and oxygen atoms in total. The summed E-state index contributed by atoms with van der Waals surface area (Å²) < 4.78 is 6.66. The van der Waals surface area contributed by atoms with Crippen molar-refractivity contribution in [2.75, 3.05) is 13.2 Å². The Hall–Kier alpha value is -0.540. The number of halogens is 1. The van der Waals surface area contributed by atoms with Crippen LogP contribution in [0.25, 0.3) is 0 Å².